The van der Waals surface area contributed by atoms with E-state index in [9.17, 15) is 28.1 Å². The molecule has 1 saturated heterocycles. The Kier molecular flexibility index (Phi) is 6.34. The molecular weight excluding hydrogens is 424 g/mol. The number of piperidine rings is 1. The second-order valence-electron chi connectivity index (χ2n) is 7.52. The zero-order chi connectivity index (χ0) is 22.8. The predicted octanol–water partition coefficient (Wildman–Crippen LogP) is 2.19. The summed E-state index contributed by atoms with van der Waals surface area (Å²) >= 11 is 0. The highest BCUT2D eigenvalue weighted by atomic mass is 32.2. The van der Waals surface area contributed by atoms with E-state index in [1.807, 2.05) is 13.0 Å². The number of aromatic nitrogens is 1. The van der Waals surface area contributed by atoms with Crippen molar-refractivity contribution < 1.29 is 22.9 Å². The van der Waals surface area contributed by atoms with Crippen LogP contribution < -0.4 is 5.32 Å². The van der Waals surface area contributed by atoms with E-state index in [0.717, 1.165) is 30.0 Å². The van der Waals surface area contributed by atoms with Crippen molar-refractivity contribution in [2.24, 2.45) is 5.92 Å². The lowest BCUT2D eigenvalue weighted by molar-refractivity contribution is -0.385. The number of non-ortho nitro benzene ring substituents is 1. The maximum atomic E-state index is 12.9. The van der Waals surface area contributed by atoms with Crippen molar-refractivity contribution in [3.63, 3.8) is 0 Å². The fourth-order valence-electron chi connectivity index (χ4n) is 3.39. The monoisotopic (exact) mass is 446 g/mol. The minimum absolute atomic E-state index is 0.0681. The van der Waals surface area contributed by atoms with Gasteiger partial charge >= 0.3 is 0 Å². The molecule has 3 rings (SSSR count). The fraction of sp³-hybridized carbons (Fsp3) is 0.350. The van der Waals surface area contributed by atoms with Crippen LogP contribution in [-0.2, 0) is 14.6 Å². The van der Waals surface area contributed by atoms with Crippen LogP contribution in [0.1, 0.15) is 28.8 Å². The van der Waals surface area contributed by atoms with Crippen LogP contribution in [0.25, 0.3) is 0 Å². The standard InChI is InChI=1S/C20H22N4O6S/c1-13-3-6-21-18(9-13)22-19(25)14-4-7-23(8-5-14)20(26)15-10-16(24(27)28)12-17(11-15)31(2,29)30/h3,6,9-12,14H,4-5,7-8H2,1-2H3,(H,21,22,25). The van der Waals surface area contributed by atoms with E-state index in [4.69, 9.17) is 0 Å². The molecule has 0 bridgehead atoms. The molecule has 0 atom stereocenters. The molecule has 0 spiro atoms. The van der Waals surface area contributed by atoms with Gasteiger partial charge in [-0.15, -0.1) is 0 Å². The number of nitrogens with zero attached hydrogens (tertiary/aromatic N) is 3. The van der Waals surface area contributed by atoms with Crippen LogP contribution in [0.2, 0.25) is 0 Å². The summed E-state index contributed by atoms with van der Waals surface area (Å²) in [5.74, 6) is -0.524. The molecule has 31 heavy (non-hydrogen) atoms. The van der Waals surface area contributed by atoms with Gasteiger partial charge in [-0.1, -0.05) is 0 Å². The molecule has 1 aliphatic heterocycles. The van der Waals surface area contributed by atoms with Gasteiger partial charge in [0.05, 0.1) is 9.82 Å². The van der Waals surface area contributed by atoms with Gasteiger partial charge in [0.15, 0.2) is 9.84 Å². The van der Waals surface area contributed by atoms with E-state index in [2.05, 4.69) is 10.3 Å². The number of hydrogen-bond acceptors (Lipinski definition) is 7. The molecule has 1 aromatic carbocycles. The molecule has 0 saturated carbocycles. The molecule has 1 aromatic heterocycles. The van der Waals surface area contributed by atoms with E-state index in [1.54, 1.807) is 12.3 Å². The van der Waals surface area contributed by atoms with Gasteiger partial charge < -0.3 is 10.2 Å². The molecule has 1 aliphatic rings. The Bertz CT molecular complexity index is 1140. The first-order chi connectivity index (χ1) is 14.5. The highest BCUT2D eigenvalue weighted by Gasteiger charge is 2.29. The number of benzene rings is 1. The predicted molar refractivity (Wildman–Crippen MR) is 112 cm³/mol. The minimum Gasteiger partial charge on any atom is -0.339 e. The molecule has 0 radical (unpaired) electrons. The SMILES string of the molecule is Cc1ccnc(NC(=O)C2CCN(C(=O)c3cc([N+](=O)[O-])cc(S(C)(=O)=O)c3)CC2)c1. The van der Waals surface area contributed by atoms with Crippen molar-refractivity contribution in [1.29, 1.82) is 0 Å². The lowest BCUT2D eigenvalue weighted by Gasteiger charge is -2.31. The van der Waals surface area contributed by atoms with Gasteiger partial charge in [-0.2, -0.15) is 0 Å². The van der Waals surface area contributed by atoms with Gasteiger partial charge in [-0.05, 0) is 43.5 Å². The first kappa shape index (κ1) is 22.3. The van der Waals surface area contributed by atoms with E-state index >= 15 is 0 Å². The zero-order valence-electron chi connectivity index (χ0n) is 17.1. The quantitative estimate of drug-likeness (QED) is 0.548. The number of nitrogens with one attached hydrogen (secondary N) is 1. The van der Waals surface area contributed by atoms with Crippen LogP contribution in [-0.4, -0.2) is 54.4 Å². The first-order valence-corrected chi connectivity index (χ1v) is 11.5. The Morgan fingerprint density at radius 1 is 1.19 bits per heavy atom. The van der Waals surface area contributed by atoms with Crippen LogP contribution in [0.4, 0.5) is 11.5 Å². The van der Waals surface area contributed by atoms with Crippen molar-refractivity contribution in [3.05, 3.63) is 57.8 Å². The fourth-order valence-corrected chi connectivity index (χ4v) is 4.06. The van der Waals surface area contributed by atoms with Gasteiger partial charge in [-0.25, -0.2) is 13.4 Å². The Morgan fingerprint density at radius 3 is 2.45 bits per heavy atom. The van der Waals surface area contributed by atoms with E-state index < -0.39 is 26.4 Å². The van der Waals surface area contributed by atoms with Gasteiger partial charge in [-0.3, -0.25) is 19.7 Å². The summed E-state index contributed by atoms with van der Waals surface area (Å²) in [6.07, 6.45) is 3.36. The van der Waals surface area contributed by atoms with Crippen LogP contribution in [0.15, 0.2) is 41.4 Å². The van der Waals surface area contributed by atoms with Gasteiger partial charge in [0, 0.05) is 49.2 Å². The molecule has 2 aromatic rings. The summed E-state index contributed by atoms with van der Waals surface area (Å²) in [6, 6.07) is 6.73. The summed E-state index contributed by atoms with van der Waals surface area (Å²) in [5, 5.41) is 13.9. The molecular formula is C20H22N4O6S. The molecule has 1 N–H and O–H groups in total. The number of likely N-dealkylation sites (tertiary alicyclic amines) is 1. The van der Waals surface area contributed by atoms with Crippen LogP contribution in [0, 0.1) is 23.0 Å². The molecule has 10 nitrogen and oxygen atoms in total. The average Bonchev–Trinajstić information content (AvgIpc) is 2.72. The van der Waals surface area contributed by atoms with Crippen molar-refractivity contribution >= 4 is 33.2 Å². The lowest BCUT2D eigenvalue weighted by Crippen LogP contribution is -2.41. The Labute approximate surface area is 179 Å². The van der Waals surface area contributed by atoms with E-state index in [1.165, 1.54) is 4.90 Å². The summed E-state index contributed by atoms with van der Waals surface area (Å²) < 4.78 is 23.7. The van der Waals surface area contributed by atoms with Gasteiger partial charge in [0.1, 0.15) is 5.82 Å². The normalized spacial score (nSPS) is 14.8. The smallest absolute Gasteiger partial charge is 0.271 e. The maximum Gasteiger partial charge on any atom is 0.271 e. The number of hydrogen-bond donors (Lipinski definition) is 1. The first-order valence-electron chi connectivity index (χ1n) is 9.57. The van der Waals surface area contributed by atoms with Crippen LogP contribution >= 0.6 is 0 Å². The Hall–Kier alpha value is -3.34. The molecule has 0 aliphatic carbocycles. The van der Waals surface area contributed by atoms with Crippen LogP contribution in [0.3, 0.4) is 0 Å². The molecule has 0 unspecified atom stereocenters. The third-order valence-corrected chi connectivity index (χ3v) is 6.19. The zero-order valence-corrected chi connectivity index (χ0v) is 17.9. The number of nitro benzene ring substituents is 1. The summed E-state index contributed by atoms with van der Waals surface area (Å²) in [4.78, 5) is 41.1. The van der Waals surface area contributed by atoms with Crippen molar-refractivity contribution in [3.8, 4) is 0 Å². The van der Waals surface area contributed by atoms with Crippen molar-refractivity contribution in [2.75, 3.05) is 24.7 Å². The Balaban J connectivity index is 1.69. The highest BCUT2D eigenvalue weighted by molar-refractivity contribution is 7.90. The lowest BCUT2D eigenvalue weighted by atomic mass is 9.95. The number of amides is 2. The summed E-state index contributed by atoms with van der Waals surface area (Å²) in [7, 11) is -3.73. The minimum atomic E-state index is -3.73. The summed E-state index contributed by atoms with van der Waals surface area (Å²) in [5.41, 5.74) is 0.434. The second kappa shape index (κ2) is 8.80. The number of nitro groups is 1. The number of rotatable bonds is 5. The Morgan fingerprint density at radius 2 is 1.87 bits per heavy atom. The third-order valence-electron chi connectivity index (χ3n) is 5.10. The molecule has 2 heterocycles. The number of pyridine rings is 1. The highest BCUT2D eigenvalue weighted by Crippen LogP contribution is 2.25. The van der Waals surface area contributed by atoms with E-state index in [0.29, 0.717) is 18.7 Å². The number of carbonyl (C=O) groups excluding carboxylic acids is 2. The number of anilines is 1. The molecule has 164 valence electrons. The molecule has 2 amide bonds. The van der Waals surface area contributed by atoms with Crippen LogP contribution in [0.5, 0.6) is 0 Å². The van der Waals surface area contributed by atoms with Crippen molar-refractivity contribution in [2.45, 2.75) is 24.7 Å². The number of sulfone groups is 1. The largest absolute Gasteiger partial charge is 0.339 e. The summed E-state index contributed by atoms with van der Waals surface area (Å²) in [6.45, 7) is 2.44. The maximum absolute atomic E-state index is 12.9. The van der Waals surface area contributed by atoms with Gasteiger partial charge in [0.25, 0.3) is 11.6 Å². The third kappa shape index (κ3) is 5.43. The number of aryl methyl sites for hydroxylation is 1. The van der Waals surface area contributed by atoms with Gasteiger partial charge in [0.2, 0.25) is 5.91 Å². The molecule has 11 heteroatoms. The topological polar surface area (TPSA) is 140 Å². The number of carbonyl (C=O) groups is 2. The van der Waals surface area contributed by atoms with Crippen molar-refractivity contribution in [1.82, 2.24) is 9.88 Å². The average molecular weight is 446 g/mol. The van der Waals surface area contributed by atoms with E-state index in [-0.39, 0.29) is 35.4 Å². The second-order valence-corrected chi connectivity index (χ2v) is 9.53. The molecule has 1 fully saturated rings.